The molecule has 0 unspecified atom stereocenters. The predicted molar refractivity (Wildman–Crippen MR) is 84.9 cm³/mol. The fourth-order valence-corrected chi connectivity index (χ4v) is 1.89. The van der Waals surface area contributed by atoms with Crippen molar-refractivity contribution in [1.29, 1.82) is 0 Å². The molecule has 4 heteroatoms. The van der Waals surface area contributed by atoms with Gasteiger partial charge in [-0.25, -0.2) is 0 Å². The summed E-state index contributed by atoms with van der Waals surface area (Å²) in [5.74, 6) is 1.40. The lowest BCUT2D eigenvalue weighted by Crippen LogP contribution is -2.35. The molecule has 0 saturated carbocycles. The highest BCUT2D eigenvalue weighted by Crippen LogP contribution is 2.35. The summed E-state index contributed by atoms with van der Waals surface area (Å²) in [5, 5.41) is 4.08. The number of ether oxygens (including phenoxy) is 2. The summed E-state index contributed by atoms with van der Waals surface area (Å²) in [7, 11) is 1.62. The van der Waals surface area contributed by atoms with Gasteiger partial charge in [0.15, 0.2) is 11.5 Å². The molecule has 1 N–H and O–H groups in total. The van der Waals surface area contributed by atoms with E-state index < -0.39 is 0 Å². The van der Waals surface area contributed by atoms with Crippen LogP contribution in [0.2, 0.25) is 5.02 Å². The van der Waals surface area contributed by atoms with E-state index in [4.69, 9.17) is 21.1 Å². The molecule has 0 aliphatic rings. The SMILES string of the molecule is C/C=C/COc1c(CNC(C)(C)C)cc(Cl)cc1OC. The van der Waals surface area contributed by atoms with Crippen LogP contribution in [0.3, 0.4) is 0 Å². The van der Waals surface area contributed by atoms with Crippen LogP contribution in [0.15, 0.2) is 24.3 Å². The second-order valence-corrected chi connectivity index (χ2v) is 6.02. The zero-order valence-electron chi connectivity index (χ0n) is 12.9. The van der Waals surface area contributed by atoms with Crippen molar-refractivity contribution in [3.8, 4) is 11.5 Å². The molecule has 0 heterocycles. The topological polar surface area (TPSA) is 30.5 Å². The summed E-state index contributed by atoms with van der Waals surface area (Å²) in [6.45, 7) is 9.51. The van der Waals surface area contributed by atoms with E-state index in [1.165, 1.54) is 0 Å². The summed E-state index contributed by atoms with van der Waals surface area (Å²) in [5.41, 5.74) is 1.02. The average molecular weight is 298 g/mol. The van der Waals surface area contributed by atoms with Gasteiger partial charge in [-0.2, -0.15) is 0 Å². The van der Waals surface area contributed by atoms with Gasteiger partial charge in [-0.3, -0.25) is 0 Å². The number of hydrogen-bond acceptors (Lipinski definition) is 3. The Morgan fingerprint density at radius 3 is 2.55 bits per heavy atom. The van der Waals surface area contributed by atoms with Crippen molar-refractivity contribution < 1.29 is 9.47 Å². The molecule has 1 rings (SSSR count). The van der Waals surface area contributed by atoms with Gasteiger partial charge in [0.05, 0.1) is 7.11 Å². The highest BCUT2D eigenvalue weighted by molar-refractivity contribution is 6.30. The molecule has 0 spiro atoms. The zero-order chi connectivity index (χ0) is 15.2. The Hall–Kier alpha value is -1.19. The van der Waals surface area contributed by atoms with Gasteiger partial charge in [0.2, 0.25) is 0 Å². The molecule has 0 aliphatic carbocycles. The molecule has 0 atom stereocenters. The standard InChI is InChI=1S/C16H24ClNO2/c1-6-7-8-20-15-12(11-18-16(2,3)4)9-13(17)10-14(15)19-5/h6-7,9-10,18H,8,11H2,1-5H3/b7-6+. The molecular weight excluding hydrogens is 274 g/mol. The number of hydrogen-bond donors (Lipinski definition) is 1. The highest BCUT2D eigenvalue weighted by atomic mass is 35.5. The molecule has 0 radical (unpaired) electrons. The van der Waals surface area contributed by atoms with Crippen molar-refractivity contribution >= 4 is 11.6 Å². The summed E-state index contributed by atoms with van der Waals surface area (Å²) in [4.78, 5) is 0. The van der Waals surface area contributed by atoms with Crippen LogP contribution in [0.5, 0.6) is 11.5 Å². The van der Waals surface area contributed by atoms with Crippen molar-refractivity contribution in [3.05, 3.63) is 34.9 Å². The lowest BCUT2D eigenvalue weighted by Gasteiger charge is -2.22. The van der Waals surface area contributed by atoms with Gasteiger partial charge in [0.25, 0.3) is 0 Å². The van der Waals surface area contributed by atoms with Crippen LogP contribution in [0.1, 0.15) is 33.3 Å². The third kappa shape index (κ3) is 5.43. The number of methoxy groups -OCH3 is 1. The fourth-order valence-electron chi connectivity index (χ4n) is 1.66. The summed E-state index contributed by atoms with van der Waals surface area (Å²) >= 11 is 6.13. The summed E-state index contributed by atoms with van der Waals surface area (Å²) < 4.78 is 11.2. The molecule has 0 amide bonds. The number of halogens is 1. The van der Waals surface area contributed by atoms with E-state index in [2.05, 4.69) is 26.1 Å². The van der Waals surface area contributed by atoms with E-state index in [0.717, 1.165) is 11.3 Å². The quantitative estimate of drug-likeness (QED) is 0.799. The van der Waals surface area contributed by atoms with E-state index >= 15 is 0 Å². The van der Waals surface area contributed by atoms with Gasteiger partial charge in [-0.15, -0.1) is 0 Å². The second-order valence-electron chi connectivity index (χ2n) is 5.58. The lowest BCUT2D eigenvalue weighted by atomic mass is 10.1. The second kappa shape index (κ2) is 7.55. The molecule has 0 saturated heterocycles. The average Bonchev–Trinajstić information content (AvgIpc) is 2.37. The van der Waals surface area contributed by atoms with Gasteiger partial charge in [-0.1, -0.05) is 23.8 Å². The first-order valence-corrected chi connectivity index (χ1v) is 7.10. The first-order chi connectivity index (χ1) is 9.37. The number of allylic oxidation sites excluding steroid dienone is 1. The van der Waals surface area contributed by atoms with Crippen LogP contribution < -0.4 is 14.8 Å². The summed E-state index contributed by atoms with van der Waals surface area (Å²) in [6.07, 6.45) is 3.91. The van der Waals surface area contributed by atoms with Crippen molar-refractivity contribution in [2.24, 2.45) is 0 Å². The lowest BCUT2D eigenvalue weighted by molar-refractivity contribution is 0.319. The Balaban J connectivity index is 3.01. The Bertz CT molecular complexity index is 464. The fraction of sp³-hybridized carbons (Fsp3) is 0.500. The van der Waals surface area contributed by atoms with Crippen molar-refractivity contribution in [2.45, 2.75) is 39.8 Å². The minimum atomic E-state index is 0.0240. The van der Waals surface area contributed by atoms with E-state index in [1.54, 1.807) is 13.2 Å². The smallest absolute Gasteiger partial charge is 0.166 e. The molecule has 0 aromatic heterocycles. The zero-order valence-corrected chi connectivity index (χ0v) is 13.7. The van der Waals surface area contributed by atoms with Gasteiger partial charge in [0.1, 0.15) is 6.61 Å². The number of rotatable bonds is 6. The van der Waals surface area contributed by atoms with Gasteiger partial charge in [-0.05, 0) is 33.8 Å². The van der Waals surface area contributed by atoms with E-state index in [9.17, 15) is 0 Å². The van der Waals surface area contributed by atoms with Crippen LogP contribution in [0, 0.1) is 0 Å². The highest BCUT2D eigenvalue weighted by Gasteiger charge is 2.15. The number of benzene rings is 1. The minimum absolute atomic E-state index is 0.0240. The minimum Gasteiger partial charge on any atom is -0.493 e. The predicted octanol–water partition coefficient (Wildman–Crippen LogP) is 4.19. The van der Waals surface area contributed by atoms with Gasteiger partial charge in [0, 0.05) is 28.7 Å². The number of nitrogens with one attached hydrogen (secondary N) is 1. The van der Waals surface area contributed by atoms with E-state index in [1.807, 2.05) is 25.1 Å². The molecule has 1 aromatic carbocycles. The van der Waals surface area contributed by atoms with Crippen molar-refractivity contribution in [2.75, 3.05) is 13.7 Å². The van der Waals surface area contributed by atoms with Crippen LogP contribution in [-0.4, -0.2) is 19.3 Å². The van der Waals surface area contributed by atoms with Crippen LogP contribution in [0.25, 0.3) is 0 Å². The molecular formula is C16H24ClNO2. The van der Waals surface area contributed by atoms with Crippen molar-refractivity contribution in [1.82, 2.24) is 5.32 Å². The molecule has 112 valence electrons. The van der Waals surface area contributed by atoms with E-state index in [0.29, 0.717) is 23.9 Å². The first-order valence-electron chi connectivity index (χ1n) is 6.72. The van der Waals surface area contributed by atoms with Crippen LogP contribution in [-0.2, 0) is 6.54 Å². The van der Waals surface area contributed by atoms with Gasteiger partial charge < -0.3 is 14.8 Å². The molecule has 20 heavy (non-hydrogen) atoms. The Morgan fingerprint density at radius 1 is 1.30 bits per heavy atom. The monoisotopic (exact) mass is 297 g/mol. The molecule has 0 fully saturated rings. The normalized spacial score (nSPS) is 11.9. The Morgan fingerprint density at radius 2 is 2.00 bits per heavy atom. The van der Waals surface area contributed by atoms with Gasteiger partial charge >= 0.3 is 0 Å². The van der Waals surface area contributed by atoms with Crippen LogP contribution in [0.4, 0.5) is 0 Å². The third-order valence-corrected chi connectivity index (χ3v) is 2.90. The molecule has 0 aliphatic heterocycles. The maximum Gasteiger partial charge on any atom is 0.166 e. The largest absolute Gasteiger partial charge is 0.493 e. The van der Waals surface area contributed by atoms with E-state index in [-0.39, 0.29) is 5.54 Å². The molecule has 3 nitrogen and oxygen atoms in total. The molecule has 1 aromatic rings. The third-order valence-electron chi connectivity index (χ3n) is 2.69. The first kappa shape index (κ1) is 16.9. The maximum atomic E-state index is 6.13. The van der Waals surface area contributed by atoms with Crippen LogP contribution >= 0.6 is 11.6 Å². The van der Waals surface area contributed by atoms with Crippen molar-refractivity contribution in [3.63, 3.8) is 0 Å². The summed E-state index contributed by atoms with van der Waals surface area (Å²) in [6, 6.07) is 3.68. The Kier molecular flexibility index (Phi) is 6.37. The molecule has 0 bridgehead atoms. The Labute approximate surface area is 126 Å². The maximum absolute atomic E-state index is 6.13.